The summed E-state index contributed by atoms with van der Waals surface area (Å²) in [4.78, 5) is 18.2. The summed E-state index contributed by atoms with van der Waals surface area (Å²) in [7, 11) is 0. The number of hydrogen-bond acceptors (Lipinski definition) is 6. The third-order valence-corrected chi connectivity index (χ3v) is 4.99. The van der Waals surface area contributed by atoms with Gasteiger partial charge in [-0.2, -0.15) is 0 Å². The predicted octanol–water partition coefficient (Wildman–Crippen LogP) is 3.84. The Labute approximate surface area is 148 Å². The number of hydrogen-bond donors (Lipinski definition) is 1. The molecular formula is C18H14N6S. The van der Waals surface area contributed by atoms with Gasteiger partial charge in [0.15, 0.2) is 5.82 Å². The van der Waals surface area contributed by atoms with Crippen molar-refractivity contribution in [1.29, 1.82) is 0 Å². The molecule has 0 unspecified atom stereocenters. The van der Waals surface area contributed by atoms with Crippen LogP contribution in [0.25, 0.3) is 22.3 Å². The molecule has 1 aromatic carbocycles. The summed E-state index contributed by atoms with van der Waals surface area (Å²) in [6.45, 7) is 0. The lowest BCUT2D eigenvalue weighted by Gasteiger charge is -2.06. The van der Waals surface area contributed by atoms with Gasteiger partial charge in [0.1, 0.15) is 10.9 Å². The van der Waals surface area contributed by atoms with Crippen molar-refractivity contribution in [2.24, 2.45) is 0 Å². The van der Waals surface area contributed by atoms with E-state index in [1.165, 1.54) is 24.6 Å². The smallest absolute Gasteiger partial charge is 0.214 e. The number of fused-ring (bicyclic) bond motifs is 1. The average molecular weight is 346 g/mol. The zero-order chi connectivity index (χ0) is 16.6. The van der Waals surface area contributed by atoms with Gasteiger partial charge in [-0.25, -0.2) is 15.0 Å². The molecule has 0 bridgehead atoms. The number of aromatic nitrogens is 6. The zero-order valence-corrected chi connectivity index (χ0v) is 14.1. The number of rotatable bonds is 4. The standard InChI is InChI=1S/C18H14N6S/c1-2-6-14-13(5-1)17(21-15(20-14)12-4-3-9-19-10-12)25-18-22-16(23-24-18)11-7-8-11/h1-6,9-11H,7-8H2,(H,22,23,24). The molecule has 3 aromatic heterocycles. The molecule has 25 heavy (non-hydrogen) atoms. The number of nitrogens with zero attached hydrogens (tertiary/aromatic N) is 5. The Morgan fingerprint density at radius 1 is 1.00 bits per heavy atom. The van der Waals surface area contributed by atoms with Crippen LogP contribution in [0.1, 0.15) is 24.6 Å². The summed E-state index contributed by atoms with van der Waals surface area (Å²) in [5.41, 5.74) is 1.79. The van der Waals surface area contributed by atoms with E-state index < -0.39 is 0 Å². The first-order valence-corrected chi connectivity index (χ1v) is 8.96. The minimum Gasteiger partial charge on any atom is -0.264 e. The maximum Gasteiger partial charge on any atom is 0.214 e. The van der Waals surface area contributed by atoms with Crippen LogP contribution in [0.2, 0.25) is 0 Å². The van der Waals surface area contributed by atoms with Gasteiger partial charge in [0, 0.05) is 29.3 Å². The van der Waals surface area contributed by atoms with Crippen LogP contribution in [0.3, 0.4) is 0 Å². The second-order valence-electron chi connectivity index (χ2n) is 5.99. The number of nitrogens with one attached hydrogen (secondary N) is 1. The van der Waals surface area contributed by atoms with Crippen molar-refractivity contribution in [3.8, 4) is 11.4 Å². The molecule has 0 spiro atoms. The maximum atomic E-state index is 4.75. The van der Waals surface area contributed by atoms with Crippen LogP contribution >= 0.6 is 11.8 Å². The van der Waals surface area contributed by atoms with Crippen LogP contribution < -0.4 is 0 Å². The predicted molar refractivity (Wildman–Crippen MR) is 95.2 cm³/mol. The highest BCUT2D eigenvalue weighted by atomic mass is 32.2. The maximum absolute atomic E-state index is 4.75. The Bertz CT molecular complexity index is 1040. The van der Waals surface area contributed by atoms with Gasteiger partial charge in [-0.15, -0.1) is 5.10 Å². The third kappa shape index (κ3) is 2.87. The Morgan fingerprint density at radius 2 is 1.92 bits per heavy atom. The van der Waals surface area contributed by atoms with Crippen molar-refractivity contribution >= 4 is 22.7 Å². The van der Waals surface area contributed by atoms with E-state index in [-0.39, 0.29) is 0 Å². The van der Waals surface area contributed by atoms with Gasteiger partial charge in [-0.1, -0.05) is 18.2 Å². The number of H-pyrrole nitrogens is 1. The number of pyridine rings is 1. The Morgan fingerprint density at radius 3 is 2.76 bits per heavy atom. The van der Waals surface area contributed by atoms with Gasteiger partial charge < -0.3 is 0 Å². The summed E-state index contributed by atoms with van der Waals surface area (Å²) < 4.78 is 0. The second-order valence-corrected chi connectivity index (χ2v) is 6.95. The molecule has 1 aliphatic carbocycles. The molecule has 1 fully saturated rings. The monoisotopic (exact) mass is 346 g/mol. The van der Waals surface area contributed by atoms with Crippen LogP contribution in [-0.2, 0) is 0 Å². The third-order valence-electron chi connectivity index (χ3n) is 4.12. The first kappa shape index (κ1) is 14.5. The Balaban J connectivity index is 1.59. The molecule has 3 heterocycles. The molecule has 0 radical (unpaired) electrons. The molecule has 1 N–H and O–H groups in total. The molecule has 0 aliphatic heterocycles. The quantitative estimate of drug-likeness (QED) is 0.566. The van der Waals surface area contributed by atoms with E-state index in [0.717, 1.165) is 27.3 Å². The lowest BCUT2D eigenvalue weighted by molar-refractivity contribution is 0.931. The van der Waals surface area contributed by atoms with Crippen LogP contribution in [0.15, 0.2) is 59.0 Å². The van der Waals surface area contributed by atoms with E-state index in [2.05, 4.69) is 25.1 Å². The Kier molecular flexibility index (Phi) is 3.45. The number of para-hydroxylation sites is 1. The lowest BCUT2D eigenvalue weighted by Crippen LogP contribution is -1.94. The molecule has 4 aromatic rings. The molecule has 122 valence electrons. The first-order chi connectivity index (χ1) is 12.4. The zero-order valence-electron chi connectivity index (χ0n) is 13.3. The Hall–Kier alpha value is -2.80. The highest BCUT2D eigenvalue weighted by Gasteiger charge is 2.27. The lowest BCUT2D eigenvalue weighted by atomic mass is 10.2. The second kappa shape index (κ2) is 5.93. The van der Waals surface area contributed by atoms with Crippen LogP contribution in [0, 0.1) is 0 Å². The van der Waals surface area contributed by atoms with Crippen molar-refractivity contribution < 1.29 is 0 Å². The summed E-state index contributed by atoms with van der Waals surface area (Å²) in [5, 5.41) is 9.93. The van der Waals surface area contributed by atoms with Crippen molar-refractivity contribution in [3.63, 3.8) is 0 Å². The van der Waals surface area contributed by atoms with E-state index in [1.807, 2.05) is 36.4 Å². The topological polar surface area (TPSA) is 80.2 Å². The molecule has 1 aliphatic rings. The molecular weight excluding hydrogens is 332 g/mol. The van der Waals surface area contributed by atoms with Gasteiger partial charge in [-0.05, 0) is 42.8 Å². The fraction of sp³-hybridized carbons (Fsp3) is 0.167. The normalized spacial score (nSPS) is 14.1. The van der Waals surface area contributed by atoms with Gasteiger partial charge in [0.2, 0.25) is 5.16 Å². The molecule has 6 nitrogen and oxygen atoms in total. The molecule has 5 rings (SSSR count). The van der Waals surface area contributed by atoms with E-state index >= 15 is 0 Å². The van der Waals surface area contributed by atoms with E-state index in [9.17, 15) is 0 Å². The molecule has 0 amide bonds. The van der Waals surface area contributed by atoms with Crippen molar-refractivity contribution in [2.45, 2.75) is 28.9 Å². The van der Waals surface area contributed by atoms with E-state index in [1.54, 1.807) is 12.4 Å². The summed E-state index contributed by atoms with van der Waals surface area (Å²) in [5.74, 6) is 2.19. The number of aromatic amines is 1. The number of benzene rings is 1. The molecule has 7 heteroatoms. The van der Waals surface area contributed by atoms with E-state index in [0.29, 0.717) is 16.9 Å². The largest absolute Gasteiger partial charge is 0.264 e. The molecule has 0 atom stereocenters. The van der Waals surface area contributed by atoms with Gasteiger partial charge >= 0.3 is 0 Å². The van der Waals surface area contributed by atoms with Crippen LogP contribution in [-0.4, -0.2) is 30.1 Å². The van der Waals surface area contributed by atoms with Gasteiger partial charge in [0.25, 0.3) is 0 Å². The van der Waals surface area contributed by atoms with Crippen molar-refractivity contribution in [3.05, 3.63) is 54.6 Å². The summed E-state index contributed by atoms with van der Waals surface area (Å²) >= 11 is 1.47. The minimum absolute atomic E-state index is 0.551. The summed E-state index contributed by atoms with van der Waals surface area (Å²) in [6, 6.07) is 11.8. The first-order valence-electron chi connectivity index (χ1n) is 8.14. The SMILES string of the molecule is c1cncc(-c2nc(Sc3n[nH]c(C4CC4)n3)c3ccccc3n2)c1. The molecule has 1 saturated carbocycles. The highest BCUT2D eigenvalue weighted by molar-refractivity contribution is 7.99. The fourth-order valence-corrected chi connectivity index (χ4v) is 3.50. The van der Waals surface area contributed by atoms with E-state index in [4.69, 9.17) is 4.98 Å². The highest BCUT2D eigenvalue weighted by Crippen LogP contribution is 2.39. The van der Waals surface area contributed by atoms with Crippen molar-refractivity contribution in [1.82, 2.24) is 30.1 Å². The van der Waals surface area contributed by atoms with Crippen LogP contribution in [0.4, 0.5) is 0 Å². The van der Waals surface area contributed by atoms with Gasteiger partial charge in [-0.3, -0.25) is 10.1 Å². The fourth-order valence-electron chi connectivity index (χ4n) is 2.68. The minimum atomic E-state index is 0.551. The van der Waals surface area contributed by atoms with Crippen LogP contribution in [0.5, 0.6) is 0 Å². The summed E-state index contributed by atoms with van der Waals surface area (Å²) in [6.07, 6.45) is 5.91. The molecule has 0 saturated heterocycles. The van der Waals surface area contributed by atoms with Gasteiger partial charge in [0.05, 0.1) is 5.52 Å². The van der Waals surface area contributed by atoms with Crippen molar-refractivity contribution in [2.75, 3.05) is 0 Å². The average Bonchev–Trinajstić information content (AvgIpc) is 3.42.